The van der Waals surface area contributed by atoms with Gasteiger partial charge in [-0.3, -0.25) is 0 Å². The van der Waals surface area contributed by atoms with Gasteiger partial charge in [0.25, 0.3) is 0 Å². The lowest BCUT2D eigenvalue weighted by atomic mass is 9.67. The normalized spacial score (nSPS) is 17.3. The second-order valence-electron chi connectivity index (χ2n) is 19.4. The SMILES string of the molecule is CC1(C)C2=CC(N(c3ccc(-c4ccc(-c5ccc6oc7ccccc7c6c5)cc4)cc3)c3ccc4c(c3)C(c3ccccc3)(c3ccccc3)c3ccccc3-4)=CCC2(C)c2ccccc21. The predicted octanol–water partition coefficient (Wildman–Crippen LogP) is 16.9. The van der Waals surface area contributed by atoms with Crippen molar-refractivity contribution in [1.29, 1.82) is 0 Å². The minimum atomic E-state index is -0.503. The van der Waals surface area contributed by atoms with Crippen LogP contribution in [0.1, 0.15) is 60.6 Å². The molecule has 1 aromatic heterocycles. The molecule has 0 saturated heterocycles. The van der Waals surface area contributed by atoms with Crippen molar-refractivity contribution in [3.05, 3.63) is 275 Å². The zero-order valence-corrected chi connectivity index (χ0v) is 38.0. The van der Waals surface area contributed by atoms with Gasteiger partial charge in [0.1, 0.15) is 11.2 Å². The maximum Gasteiger partial charge on any atom is 0.135 e. The number of fused-ring (bicyclic) bond motifs is 9. The van der Waals surface area contributed by atoms with Crippen LogP contribution in [0, 0.1) is 0 Å². The molecular weight excluding hydrogens is 811 g/mol. The van der Waals surface area contributed by atoms with Crippen LogP contribution in [0.3, 0.4) is 0 Å². The second kappa shape index (κ2) is 14.8. The summed E-state index contributed by atoms with van der Waals surface area (Å²) in [5, 5.41) is 2.29. The van der Waals surface area contributed by atoms with E-state index in [0.29, 0.717) is 0 Å². The molecule has 0 saturated carbocycles. The van der Waals surface area contributed by atoms with Gasteiger partial charge in [0.15, 0.2) is 0 Å². The maximum atomic E-state index is 6.13. The van der Waals surface area contributed by atoms with Crippen molar-refractivity contribution in [2.24, 2.45) is 0 Å². The lowest BCUT2D eigenvalue weighted by Crippen LogP contribution is -2.31. The van der Waals surface area contributed by atoms with Crippen LogP contribution in [-0.2, 0) is 16.2 Å². The lowest BCUT2D eigenvalue weighted by molar-refractivity contribution is 0.508. The van der Waals surface area contributed by atoms with Gasteiger partial charge >= 0.3 is 0 Å². The molecule has 2 heteroatoms. The van der Waals surface area contributed by atoms with E-state index in [4.69, 9.17) is 4.42 Å². The molecular formula is C65H49NO. The van der Waals surface area contributed by atoms with E-state index in [9.17, 15) is 0 Å². The molecule has 0 spiro atoms. The van der Waals surface area contributed by atoms with Crippen LogP contribution in [0.2, 0.25) is 0 Å². The Hall–Kier alpha value is -7.94. The van der Waals surface area contributed by atoms with Crippen LogP contribution in [0.5, 0.6) is 0 Å². The largest absolute Gasteiger partial charge is 0.456 e. The van der Waals surface area contributed by atoms with E-state index < -0.39 is 5.41 Å². The first-order valence-corrected chi connectivity index (χ1v) is 23.6. The fourth-order valence-electron chi connectivity index (χ4n) is 12.3. The second-order valence-corrected chi connectivity index (χ2v) is 19.4. The smallest absolute Gasteiger partial charge is 0.135 e. The van der Waals surface area contributed by atoms with Crippen LogP contribution >= 0.6 is 0 Å². The van der Waals surface area contributed by atoms with Crippen LogP contribution < -0.4 is 4.90 Å². The molecule has 3 aliphatic carbocycles. The van der Waals surface area contributed by atoms with Gasteiger partial charge in [-0.25, -0.2) is 0 Å². The van der Waals surface area contributed by atoms with Crippen molar-refractivity contribution < 1.29 is 4.42 Å². The summed E-state index contributed by atoms with van der Waals surface area (Å²) in [5.41, 5.74) is 21.4. The Kier molecular flexibility index (Phi) is 8.70. The van der Waals surface area contributed by atoms with Gasteiger partial charge < -0.3 is 9.32 Å². The van der Waals surface area contributed by atoms with Gasteiger partial charge in [-0.1, -0.05) is 203 Å². The Balaban J connectivity index is 0.939. The fraction of sp³-hybridized carbons (Fsp3) is 0.108. The molecule has 13 rings (SSSR count). The van der Waals surface area contributed by atoms with E-state index >= 15 is 0 Å². The molecule has 1 unspecified atom stereocenters. The van der Waals surface area contributed by atoms with Crippen molar-refractivity contribution in [1.82, 2.24) is 0 Å². The zero-order valence-electron chi connectivity index (χ0n) is 38.0. The van der Waals surface area contributed by atoms with Gasteiger partial charge in [0, 0.05) is 38.7 Å². The molecule has 0 aliphatic heterocycles. The molecule has 1 heterocycles. The molecule has 67 heavy (non-hydrogen) atoms. The average Bonchev–Trinajstić information content (AvgIpc) is 3.96. The molecule has 0 fully saturated rings. The third-order valence-corrected chi connectivity index (χ3v) is 15.5. The van der Waals surface area contributed by atoms with Gasteiger partial charge in [-0.15, -0.1) is 0 Å². The summed E-state index contributed by atoms with van der Waals surface area (Å²) in [5.74, 6) is 0. The third kappa shape index (κ3) is 5.82. The Morgan fingerprint density at radius 3 is 1.67 bits per heavy atom. The monoisotopic (exact) mass is 859 g/mol. The predicted molar refractivity (Wildman–Crippen MR) is 278 cm³/mol. The Bertz CT molecular complexity index is 3590. The molecule has 0 N–H and O–H groups in total. The zero-order chi connectivity index (χ0) is 44.9. The van der Waals surface area contributed by atoms with Crippen LogP contribution in [0.25, 0.3) is 55.3 Å². The van der Waals surface area contributed by atoms with Gasteiger partial charge in [0.2, 0.25) is 0 Å². The average molecular weight is 860 g/mol. The first-order chi connectivity index (χ1) is 32.8. The first kappa shape index (κ1) is 39.4. The molecule has 0 radical (unpaired) electrons. The Morgan fingerprint density at radius 2 is 0.955 bits per heavy atom. The molecule has 320 valence electrons. The summed E-state index contributed by atoms with van der Waals surface area (Å²) >= 11 is 0. The topological polar surface area (TPSA) is 16.4 Å². The Labute approximate surface area is 392 Å². The summed E-state index contributed by atoms with van der Waals surface area (Å²) in [6.07, 6.45) is 5.93. The number of hydrogen-bond acceptors (Lipinski definition) is 2. The molecule has 10 aromatic rings. The van der Waals surface area contributed by atoms with E-state index in [1.54, 1.807) is 0 Å². The van der Waals surface area contributed by atoms with Crippen molar-refractivity contribution in [3.8, 4) is 33.4 Å². The van der Waals surface area contributed by atoms with Crippen molar-refractivity contribution in [2.75, 3.05) is 4.90 Å². The summed E-state index contributed by atoms with van der Waals surface area (Å²) < 4.78 is 6.13. The number of furan rings is 1. The number of para-hydroxylation sites is 1. The van der Waals surface area contributed by atoms with Gasteiger partial charge in [0.05, 0.1) is 5.41 Å². The fourth-order valence-corrected chi connectivity index (χ4v) is 12.3. The lowest BCUT2D eigenvalue weighted by Gasteiger charge is -2.38. The molecule has 0 amide bonds. The standard InChI is InChI=1S/C65H49NO/c1-63(2)57-23-13-14-24-58(57)64(3)39-38-51(42-62(63)64)66(49-33-30-44(31-34-49)43-26-28-45(29-27-43)46-32-37-61-55(40-46)54-21-11-15-25-60(54)67-61)50-35-36-53-52-20-10-12-22-56(52)65(59(53)41-50,47-16-6-4-7-17-47)48-18-8-5-9-19-48/h4-38,40-42H,39H2,1-3H3. The third-order valence-electron chi connectivity index (χ3n) is 15.5. The number of nitrogens with zero attached hydrogens (tertiary/aromatic N) is 1. The highest BCUT2D eigenvalue weighted by Gasteiger charge is 2.50. The number of allylic oxidation sites excluding steroid dienone is 3. The minimum Gasteiger partial charge on any atom is -0.456 e. The van der Waals surface area contributed by atoms with E-state index in [2.05, 4.69) is 244 Å². The molecule has 0 bridgehead atoms. The van der Waals surface area contributed by atoms with Crippen LogP contribution in [0.15, 0.2) is 246 Å². The highest BCUT2D eigenvalue weighted by molar-refractivity contribution is 6.06. The van der Waals surface area contributed by atoms with E-state index in [1.807, 2.05) is 12.1 Å². The van der Waals surface area contributed by atoms with Gasteiger partial charge in [-0.2, -0.15) is 0 Å². The number of rotatable bonds is 7. The van der Waals surface area contributed by atoms with Crippen LogP contribution in [0.4, 0.5) is 11.4 Å². The Morgan fingerprint density at radius 1 is 0.418 bits per heavy atom. The van der Waals surface area contributed by atoms with E-state index in [0.717, 1.165) is 39.7 Å². The molecule has 3 aliphatic rings. The van der Waals surface area contributed by atoms with E-state index in [1.165, 1.54) is 78.0 Å². The van der Waals surface area contributed by atoms with E-state index in [-0.39, 0.29) is 10.8 Å². The van der Waals surface area contributed by atoms with Crippen molar-refractivity contribution in [3.63, 3.8) is 0 Å². The van der Waals surface area contributed by atoms with Crippen molar-refractivity contribution >= 4 is 33.3 Å². The van der Waals surface area contributed by atoms with Crippen molar-refractivity contribution in [2.45, 2.75) is 43.4 Å². The molecule has 9 aromatic carbocycles. The van der Waals surface area contributed by atoms with Gasteiger partial charge in [-0.05, 0) is 127 Å². The number of hydrogen-bond donors (Lipinski definition) is 0. The number of benzene rings is 9. The first-order valence-electron chi connectivity index (χ1n) is 23.6. The summed E-state index contributed by atoms with van der Waals surface area (Å²) in [6, 6.07) is 80.5. The highest BCUT2D eigenvalue weighted by Crippen LogP contribution is 2.59. The molecule has 2 nitrogen and oxygen atoms in total. The highest BCUT2D eigenvalue weighted by atomic mass is 16.3. The minimum absolute atomic E-state index is 0.0707. The summed E-state index contributed by atoms with van der Waals surface area (Å²) in [6.45, 7) is 7.27. The summed E-state index contributed by atoms with van der Waals surface area (Å²) in [7, 11) is 0. The maximum absolute atomic E-state index is 6.13. The van der Waals surface area contributed by atoms with Crippen LogP contribution in [-0.4, -0.2) is 0 Å². The molecule has 1 atom stereocenters. The summed E-state index contributed by atoms with van der Waals surface area (Å²) in [4.78, 5) is 2.51. The quantitative estimate of drug-likeness (QED) is 0.159. The number of anilines is 2.